The van der Waals surface area contributed by atoms with E-state index in [0.717, 1.165) is 17.7 Å². The normalized spacial score (nSPS) is 20.0. The van der Waals surface area contributed by atoms with Gasteiger partial charge in [-0.05, 0) is 43.0 Å². The number of nitrogens with zero attached hydrogens (tertiary/aromatic N) is 3. The fourth-order valence-electron chi connectivity index (χ4n) is 3.40. The van der Waals surface area contributed by atoms with Gasteiger partial charge >= 0.3 is 0 Å². The van der Waals surface area contributed by atoms with Crippen LogP contribution in [0.3, 0.4) is 0 Å². The third-order valence-electron chi connectivity index (χ3n) is 5.02. The Labute approximate surface area is 158 Å². The van der Waals surface area contributed by atoms with Crippen molar-refractivity contribution in [1.82, 2.24) is 15.1 Å². The molecule has 2 aromatic rings. The summed E-state index contributed by atoms with van der Waals surface area (Å²) in [6, 6.07) is 7.76. The number of hydrogen-bond acceptors (Lipinski definition) is 6. The van der Waals surface area contributed by atoms with Crippen LogP contribution >= 0.6 is 11.8 Å². The average molecular weight is 375 g/mol. The molecule has 1 fully saturated rings. The van der Waals surface area contributed by atoms with E-state index in [9.17, 15) is 4.79 Å². The molecule has 0 aliphatic heterocycles. The van der Waals surface area contributed by atoms with Crippen LogP contribution < -0.4 is 4.74 Å². The number of aromatic nitrogens is 2. The van der Waals surface area contributed by atoms with Crippen molar-refractivity contribution in [3.05, 3.63) is 24.3 Å². The first-order valence-electron chi connectivity index (χ1n) is 8.95. The molecule has 140 valence electrons. The molecule has 0 saturated heterocycles. The standard InChI is InChI=1S/C19H25N3O3S/c1-13-6-4-5-7-16(13)22(2)17(23)12-26-19-21-20-18(25-19)14-8-10-15(24-3)11-9-14/h8-11,13,16H,4-7,12H2,1-3H3. The van der Waals surface area contributed by atoms with Gasteiger partial charge in [-0.15, -0.1) is 10.2 Å². The summed E-state index contributed by atoms with van der Waals surface area (Å²) in [5.74, 6) is 2.19. The van der Waals surface area contributed by atoms with Crippen LogP contribution in [0.5, 0.6) is 5.75 Å². The molecule has 0 spiro atoms. The SMILES string of the molecule is COc1ccc(-c2nnc(SCC(=O)N(C)C3CCCCC3C)o2)cc1. The summed E-state index contributed by atoms with van der Waals surface area (Å²) in [4.78, 5) is 14.4. The first-order valence-corrected chi connectivity index (χ1v) is 9.93. The zero-order chi connectivity index (χ0) is 18.5. The predicted molar refractivity (Wildman–Crippen MR) is 101 cm³/mol. The van der Waals surface area contributed by atoms with Gasteiger partial charge in [0.15, 0.2) is 0 Å². The molecule has 1 amide bonds. The summed E-state index contributed by atoms with van der Waals surface area (Å²) in [5.41, 5.74) is 0.824. The van der Waals surface area contributed by atoms with Gasteiger partial charge in [0.05, 0.1) is 12.9 Å². The maximum absolute atomic E-state index is 12.5. The highest BCUT2D eigenvalue weighted by Crippen LogP contribution is 2.29. The summed E-state index contributed by atoms with van der Waals surface area (Å²) in [7, 11) is 3.53. The summed E-state index contributed by atoms with van der Waals surface area (Å²) in [6.45, 7) is 2.24. The number of carbonyl (C=O) groups excluding carboxylic acids is 1. The quantitative estimate of drug-likeness (QED) is 0.714. The molecular weight excluding hydrogens is 350 g/mol. The van der Waals surface area contributed by atoms with Crippen LogP contribution in [0.25, 0.3) is 11.5 Å². The number of hydrogen-bond donors (Lipinski definition) is 0. The van der Waals surface area contributed by atoms with Crippen molar-refractivity contribution < 1.29 is 13.9 Å². The number of thioether (sulfide) groups is 1. The summed E-state index contributed by atoms with van der Waals surface area (Å²) >= 11 is 1.29. The van der Waals surface area contributed by atoms with E-state index in [0.29, 0.717) is 28.8 Å². The molecule has 2 atom stereocenters. The Morgan fingerprint density at radius 2 is 2.00 bits per heavy atom. The molecule has 0 bridgehead atoms. The molecule has 1 aromatic carbocycles. The lowest BCUT2D eigenvalue weighted by atomic mass is 9.85. The van der Waals surface area contributed by atoms with Crippen LogP contribution in [0, 0.1) is 5.92 Å². The van der Waals surface area contributed by atoms with E-state index in [1.807, 2.05) is 36.2 Å². The number of methoxy groups -OCH3 is 1. The minimum atomic E-state index is 0.109. The molecule has 7 heteroatoms. The van der Waals surface area contributed by atoms with Crippen LogP contribution in [-0.4, -0.2) is 47.0 Å². The third-order valence-corrected chi connectivity index (χ3v) is 5.82. The summed E-state index contributed by atoms with van der Waals surface area (Å²) in [6.07, 6.45) is 4.76. The van der Waals surface area contributed by atoms with Gasteiger partial charge in [0, 0.05) is 18.7 Å². The number of amides is 1. The maximum atomic E-state index is 12.5. The van der Waals surface area contributed by atoms with Gasteiger partial charge in [-0.1, -0.05) is 31.5 Å². The van der Waals surface area contributed by atoms with Crippen molar-refractivity contribution >= 4 is 17.7 Å². The van der Waals surface area contributed by atoms with Gasteiger partial charge in [-0.3, -0.25) is 4.79 Å². The zero-order valence-corrected chi connectivity index (χ0v) is 16.3. The van der Waals surface area contributed by atoms with E-state index < -0.39 is 0 Å². The van der Waals surface area contributed by atoms with E-state index in [1.165, 1.54) is 31.0 Å². The van der Waals surface area contributed by atoms with Gasteiger partial charge in [-0.25, -0.2) is 0 Å². The Balaban J connectivity index is 1.56. The summed E-state index contributed by atoms with van der Waals surface area (Å²) in [5, 5.41) is 8.51. The van der Waals surface area contributed by atoms with Crippen molar-refractivity contribution in [3.63, 3.8) is 0 Å². The molecule has 0 N–H and O–H groups in total. The van der Waals surface area contributed by atoms with Crippen LogP contribution in [0.2, 0.25) is 0 Å². The smallest absolute Gasteiger partial charge is 0.277 e. The number of ether oxygens (including phenoxy) is 1. The minimum absolute atomic E-state index is 0.109. The summed E-state index contributed by atoms with van der Waals surface area (Å²) < 4.78 is 10.8. The van der Waals surface area contributed by atoms with Crippen molar-refractivity contribution in [2.75, 3.05) is 19.9 Å². The van der Waals surface area contributed by atoms with Crippen molar-refractivity contribution in [2.24, 2.45) is 5.92 Å². The molecule has 1 aliphatic carbocycles. The van der Waals surface area contributed by atoms with Gasteiger partial charge in [0.1, 0.15) is 5.75 Å². The monoisotopic (exact) mass is 375 g/mol. The molecular formula is C19H25N3O3S. The second kappa shape index (κ2) is 8.58. The van der Waals surface area contributed by atoms with E-state index >= 15 is 0 Å². The molecule has 1 saturated carbocycles. The van der Waals surface area contributed by atoms with Crippen LogP contribution in [0.1, 0.15) is 32.6 Å². The van der Waals surface area contributed by atoms with E-state index in [-0.39, 0.29) is 5.91 Å². The van der Waals surface area contributed by atoms with E-state index in [2.05, 4.69) is 17.1 Å². The maximum Gasteiger partial charge on any atom is 0.277 e. The molecule has 1 aromatic heterocycles. The van der Waals surface area contributed by atoms with Gasteiger partial charge < -0.3 is 14.1 Å². The fraction of sp³-hybridized carbons (Fsp3) is 0.526. The van der Waals surface area contributed by atoms with E-state index in [1.54, 1.807) is 7.11 Å². The Morgan fingerprint density at radius 1 is 1.27 bits per heavy atom. The molecule has 2 unspecified atom stereocenters. The third kappa shape index (κ3) is 4.38. The van der Waals surface area contributed by atoms with Crippen molar-refractivity contribution in [3.8, 4) is 17.2 Å². The number of rotatable bonds is 6. The van der Waals surface area contributed by atoms with Gasteiger partial charge in [-0.2, -0.15) is 0 Å². The van der Waals surface area contributed by atoms with Gasteiger partial charge in [0.25, 0.3) is 5.22 Å². The molecule has 1 aliphatic rings. The highest BCUT2D eigenvalue weighted by molar-refractivity contribution is 7.99. The highest BCUT2D eigenvalue weighted by atomic mass is 32.2. The second-order valence-corrected chi connectivity index (χ2v) is 7.65. The van der Waals surface area contributed by atoms with Crippen molar-refractivity contribution in [1.29, 1.82) is 0 Å². The van der Waals surface area contributed by atoms with Crippen LogP contribution in [0.4, 0.5) is 0 Å². The Morgan fingerprint density at radius 3 is 2.69 bits per heavy atom. The predicted octanol–water partition coefficient (Wildman–Crippen LogP) is 3.87. The molecule has 3 rings (SSSR count). The van der Waals surface area contributed by atoms with Crippen LogP contribution in [0.15, 0.2) is 33.9 Å². The van der Waals surface area contributed by atoms with E-state index in [4.69, 9.17) is 9.15 Å². The Kier molecular flexibility index (Phi) is 6.19. The topological polar surface area (TPSA) is 68.5 Å². The Hall–Kier alpha value is -2.02. The molecule has 26 heavy (non-hydrogen) atoms. The number of benzene rings is 1. The average Bonchev–Trinajstić information content (AvgIpc) is 3.15. The number of carbonyl (C=O) groups is 1. The first kappa shape index (κ1) is 18.8. The van der Waals surface area contributed by atoms with Crippen LogP contribution in [-0.2, 0) is 4.79 Å². The largest absolute Gasteiger partial charge is 0.497 e. The lowest BCUT2D eigenvalue weighted by Gasteiger charge is -2.36. The molecule has 6 nitrogen and oxygen atoms in total. The lowest BCUT2D eigenvalue weighted by Crippen LogP contribution is -2.43. The highest BCUT2D eigenvalue weighted by Gasteiger charge is 2.28. The zero-order valence-electron chi connectivity index (χ0n) is 15.5. The molecule has 0 radical (unpaired) electrons. The lowest BCUT2D eigenvalue weighted by molar-refractivity contribution is -0.130. The second-order valence-electron chi connectivity index (χ2n) is 6.72. The Bertz CT molecular complexity index is 732. The first-order chi connectivity index (χ1) is 12.6. The fourth-order valence-corrected chi connectivity index (χ4v) is 4.09. The van der Waals surface area contributed by atoms with Gasteiger partial charge in [0.2, 0.25) is 11.8 Å². The minimum Gasteiger partial charge on any atom is -0.497 e. The van der Waals surface area contributed by atoms with Crippen molar-refractivity contribution in [2.45, 2.75) is 43.9 Å². The molecule has 1 heterocycles.